The highest BCUT2D eigenvalue weighted by atomic mass is 32.2. The molecule has 144 valence electrons. The topological polar surface area (TPSA) is 66.5 Å². The predicted octanol–water partition coefficient (Wildman–Crippen LogP) is 3.61. The van der Waals surface area contributed by atoms with Crippen LogP contribution in [0, 0.1) is 0 Å². The summed E-state index contributed by atoms with van der Waals surface area (Å²) in [6, 6.07) is 16.2. The molecule has 0 unspecified atom stereocenters. The molecular formula is C21H26N2O3S. The number of nitrogens with zero attached hydrogens (tertiary/aromatic N) is 1. The maximum absolute atomic E-state index is 12.5. The first kappa shape index (κ1) is 20.9. The molecule has 2 aromatic carbocycles. The smallest absolute Gasteiger partial charge is 0.244 e. The molecule has 1 N–H and O–H groups in total. The molecule has 0 spiro atoms. The van der Waals surface area contributed by atoms with Crippen LogP contribution in [0.15, 0.2) is 65.6 Å². The van der Waals surface area contributed by atoms with Gasteiger partial charge in [0.2, 0.25) is 15.9 Å². The number of benzene rings is 2. The number of nitrogens with one attached hydrogen (secondary N) is 1. The van der Waals surface area contributed by atoms with Gasteiger partial charge < -0.3 is 5.32 Å². The molecule has 27 heavy (non-hydrogen) atoms. The largest absolute Gasteiger partial charge is 0.346 e. The summed E-state index contributed by atoms with van der Waals surface area (Å²) in [5, 5.41) is 2.90. The average Bonchev–Trinajstić information content (AvgIpc) is 2.68. The molecule has 5 nitrogen and oxygen atoms in total. The molecule has 0 heterocycles. The van der Waals surface area contributed by atoms with Crippen molar-refractivity contribution < 1.29 is 13.2 Å². The van der Waals surface area contributed by atoms with Crippen LogP contribution in [0.4, 0.5) is 0 Å². The van der Waals surface area contributed by atoms with E-state index in [1.54, 1.807) is 30.3 Å². The maximum atomic E-state index is 12.5. The Morgan fingerprint density at radius 2 is 1.63 bits per heavy atom. The SMILES string of the molecule is CCN(CC)S(=O)(=O)c1ccc(/C=C/C(=O)N[C@@H](C)c2ccccc2)cc1. The van der Waals surface area contributed by atoms with E-state index >= 15 is 0 Å². The molecule has 2 rings (SSSR count). The van der Waals surface area contributed by atoms with Crippen LogP contribution in [-0.2, 0) is 14.8 Å². The lowest BCUT2D eigenvalue weighted by Gasteiger charge is -2.18. The normalized spacial score (nSPS) is 13.0. The molecule has 0 saturated carbocycles. The molecule has 0 aliphatic heterocycles. The Morgan fingerprint density at radius 3 is 2.19 bits per heavy atom. The molecule has 0 aromatic heterocycles. The van der Waals surface area contributed by atoms with Crippen molar-refractivity contribution >= 4 is 22.0 Å². The Bertz CT molecular complexity index is 871. The van der Waals surface area contributed by atoms with Crippen LogP contribution in [0.2, 0.25) is 0 Å². The minimum absolute atomic E-state index is 0.0926. The number of carbonyl (C=O) groups excluding carboxylic acids is 1. The van der Waals surface area contributed by atoms with Crippen LogP contribution in [0.3, 0.4) is 0 Å². The summed E-state index contributed by atoms with van der Waals surface area (Å²) >= 11 is 0. The van der Waals surface area contributed by atoms with E-state index in [4.69, 9.17) is 0 Å². The van der Waals surface area contributed by atoms with Crippen molar-refractivity contribution in [3.8, 4) is 0 Å². The predicted molar refractivity (Wildman–Crippen MR) is 109 cm³/mol. The molecule has 1 atom stereocenters. The molecule has 6 heteroatoms. The van der Waals surface area contributed by atoms with E-state index in [2.05, 4.69) is 5.32 Å². The number of amides is 1. The van der Waals surface area contributed by atoms with Crippen molar-refractivity contribution in [1.82, 2.24) is 9.62 Å². The number of carbonyl (C=O) groups is 1. The zero-order chi connectivity index (χ0) is 19.9. The zero-order valence-corrected chi connectivity index (χ0v) is 16.7. The molecule has 0 fully saturated rings. The molecule has 0 aliphatic rings. The highest BCUT2D eigenvalue weighted by Crippen LogP contribution is 2.17. The second kappa shape index (κ2) is 9.48. The molecular weight excluding hydrogens is 360 g/mol. The van der Waals surface area contributed by atoms with E-state index in [9.17, 15) is 13.2 Å². The number of sulfonamides is 1. The molecule has 0 saturated heterocycles. The summed E-state index contributed by atoms with van der Waals surface area (Å²) in [6.45, 7) is 6.41. The lowest BCUT2D eigenvalue weighted by atomic mass is 10.1. The van der Waals surface area contributed by atoms with E-state index < -0.39 is 10.0 Å². The lowest BCUT2D eigenvalue weighted by molar-refractivity contribution is -0.117. The Kier molecular flexibility index (Phi) is 7.33. The van der Waals surface area contributed by atoms with Gasteiger partial charge >= 0.3 is 0 Å². The van der Waals surface area contributed by atoms with Gasteiger partial charge in [0, 0.05) is 19.2 Å². The van der Waals surface area contributed by atoms with Gasteiger partial charge in [0.1, 0.15) is 0 Å². The first-order chi connectivity index (χ1) is 12.9. The van der Waals surface area contributed by atoms with E-state index in [1.807, 2.05) is 51.1 Å². The fourth-order valence-electron chi connectivity index (χ4n) is 2.72. The monoisotopic (exact) mass is 386 g/mol. The summed E-state index contributed by atoms with van der Waals surface area (Å²) < 4.78 is 26.4. The van der Waals surface area contributed by atoms with Gasteiger partial charge in [0.25, 0.3) is 0 Å². The van der Waals surface area contributed by atoms with Gasteiger partial charge in [-0.25, -0.2) is 8.42 Å². The highest BCUT2D eigenvalue weighted by molar-refractivity contribution is 7.89. The molecule has 0 radical (unpaired) electrons. The average molecular weight is 387 g/mol. The third-order valence-electron chi connectivity index (χ3n) is 4.31. The standard InChI is InChI=1S/C21H26N2O3S/c1-4-23(5-2)27(25,26)20-14-11-18(12-15-20)13-16-21(24)22-17(3)19-9-7-6-8-10-19/h6-17H,4-5H2,1-3H3,(H,22,24)/b16-13+/t17-/m0/s1. The second-order valence-corrected chi connectivity index (χ2v) is 8.07. The van der Waals surface area contributed by atoms with Crippen molar-refractivity contribution in [3.05, 3.63) is 71.8 Å². The minimum atomic E-state index is -3.47. The van der Waals surface area contributed by atoms with Gasteiger partial charge in [-0.1, -0.05) is 56.3 Å². The van der Waals surface area contributed by atoms with E-state index in [1.165, 1.54) is 10.4 Å². The van der Waals surface area contributed by atoms with Gasteiger partial charge in [-0.3, -0.25) is 4.79 Å². The number of hydrogen-bond donors (Lipinski definition) is 1. The van der Waals surface area contributed by atoms with Crippen molar-refractivity contribution in [3.63, 3.8) is 0 Å². The third-order valence-corrected chi connectivity index (χ3v) is 6.37. The maximum Gasteiger partial charge on any atom is 0.244 e. The van der Waals surface area contributed by atoms with Crippen LogP contribution in [0.1, 0.15) is 37.9 Å². The quantitative estimate of drug-likeness (QED) is 0.705. The fraction of sp³-hybridized carbons (Fsp3) is 0.286. The summed E-state index contributed by atoms with van der Waals surface area (Å²) in [5.41, 5.74) is 1.79. The Hall–Kier alpha value is -2.44. The van der Waals surface area contributed by atoms with Crippen molar-refractivity contribution in [2.45, 2.75) is 31.7 Å². The van der Waals surface area contributed by atoms with E-state index in [0.29, 0.717) is 13.1 Å². The molecule has 1 amide bonds. The van der Waals surface area contributed by atoms with Crippen LogP contribution < -0.4 is 5.32 Å². The van der Waals surface area contributed by atoms with Gasteiger partial charge in [0.05, 0.1) is 10.9 Å². The summed E-state index contributed by atoms with van der Waals surface area (Å²) in [7, 11) is -3.47. The van der Waals surface area contributed by atoms with Crippen molar-refractivity contribution in [2.75, 3.05) is 13.1 Å². The zero-order valence-electron chi connectivity index (χ0n) is 15.9. The van der Waals surface area contributed by atoms with Crippen LogP contribution >= 0.6 is 0 Å². The van der Waals surface area contributed by atoms with Crippen LogP contribution in [0.5, 0.6) is 0 Å². The Labute approximate surface area is 161 Å². The van der Waals surface area contributed by atoms with E-state index in [0.717, 1.165) is 11.1 Å². The fourth-order valence-corrected chi connectivity index (χ4v) is 4.18. The minimum Gasteiger partial charge on any atom is -0.346 e. The van der Waals surface area contributed by atoms with Crippen LogP contribution in [0.25, 0.3) is 6.08 Å². The van der Waals surface area contributed by atoms with E-state index in [-0.39, 0.29) is 16.8 Å². The molecule has 0 aliphatic carbocycles. The first-order valence-corrected chi connectivity index (χ1v) is 10.5. The summed E-state index contributed by atoms with van der Waals surface area (Å²) in [6.07, 6.45) is 3.12. The van der Waals surface area contributed by atoms with Gasteiger partial charge in [-0.2, -0.15) is 4.31 Å². The Balaban J connectivity index is 2.02. The first-order valence-electron chi connectivity index (χ1n) is 9.02. The van der Waals surface area contributed by atoms with Gasteiger partial charge in [-0.05, 0) is 36.3 Å². The summed E-state index contributed by atoms with van der Waals surface area (Å²) in [5.74, 6) is -0.203. The lowest BCUT2D eigenvalue weighted by Crippen LogP contribution is -2.30. The third kappa shape index (κ3) is 5.52. The number of hydrogen-bond acceptors (Lipinski definition) is 3. The molecule has 0 bridgehead atoms. The number of rotatable bonds is 8. The van der Waals surface area contributed by atoms with Crippen molar-refractivity contribution in [2.24, 2.45) is 0 Å². The van der Waals surface area contributed by atoms with Crippen molar-refractivity contribution in [1.29, 1.82) is 0 Å². The Morgan fingerprint density at radius 1 is 1.04 bits per heavy atom. The van der Waals surface area contributed by atoms with Gasteiger partial charge in [0.15, 0.2) is 0 Å². The summed E-state index contributed by atoms with van der Waals surface area (Å²) in [4.78, 5) is 12.3. The highest BCUT2D eigenvalue weighted by Gasteiger charge is 2.20. The second-order valence-electron chi connectivity index (χ2n) is 6.13. The molecule has 2 aromatic rings. The van der Waals surface area contributed by atoms with Crippen LogP contribution in [-0.4, -0.2) is 31.7 Å². The van der Waals surface area contributed by atoms with Gasteiger partial charge in [-0.15, -0.1) is 0 Å².